The van der Waals surface area contributed by atoms with Gasteiger partial charge in [0, 0.05) is 52.1 Å². The van der Waals surface area contributed by atoms with Crippen molar-refractivity contribution in [2.24, 2.45) is 5.92 Å². The van der Waals surface area contributed by atoms with Crippen molar-refractivity contribution < 1.29 is 39.9 Å². The van der Waals surface area contributed by atoms with E-state index in [1.807, 2.05) is 83.6 Å². The summed E-state index contributed by atoms with van der Waals surface area (Å²) in [5.74, 6) is -0.687. The number of aliphatic hydroxyl groups is 1. The number of sulfone groups is 1. The third-order valence-corrected chi connectivity index (χ3v) is 15.6. The van der Waals surface area contributed by atoms with Crippen molar-refractivity contribution in [1.29, 1.82) is 0 Å². The summed E-state index contributed by atoms with van der Waals surface area (Å²) in [6, 6.07) is 32.7. The highest BCUT2D eigenvalue weighted by atomic mass is 35.5. The van der Waals surface area contributed by atoms with E-state index in [0.717, 1.165) is 58.8 Å². The van der Waals surface area contributed by atoms with Crippen molar-refractivity contribution >= 4 is 60.5 Å². The lowest BCUT2D eigenvalue weighted by Crippen LogP contribution is -2.36. The van der Waals surface area contributed by atoms with Gasteiger partial charge in [0.05, 0.1) is 16.7 Å². The molecule has 2 heterocycles. The molecule has 1 amide bonds. The van der Waals surface area contributed by atoms with Crippen LogP contribution in [0.2, 0.25) is 5.02 Å². The number of amides is 1. The van der Waals surface area contributed by atoms with Crippen LogP contribution in [0.25, 0.3) is 11.1 Å². The third-order valence-electron chi connectivity index (χ3n) is 11.3. The normalized spacial score (nSPS) is 17.4. The number of carbonyl (C=O) groups is 1. The minimum atomic E-state index is -6.05. The molecule has 17 heteroatoms. The highest BCUT2D eigenvalue weighted by molar-refractivity contribution is 7.99. The summed E-state index contributed by atoms with van der Waals surface area (Å²) in [4.78, 5) is 14.2. The number of thioether (sulfide) groups is 1. The van der Waals surface area contributed by atoms with Gasteiger partial charge in [-0.3, -0.25) is 4.79 Å². The molecule has 4 N–H and O–H groups in total. The first kappa shape index (κ1) is 45.4. The number of aliphatic hydroxyl groups excluding tert-OH is 1. The van der Waals surface area contributed by atoms with Gasteiger partial charge in [0.25, 0.3) is 25.8 Å². The molecule has 5 aromatic carbocycles. The predicted molar refractivity (Wildman–Crippen MR) is 238 cm³/mol. The molecule has 2 fully saturated rings. The van der Waals surface area contributed by atoms with Gasteiger partial charge < -0.3 is 20.6 Å². The molecule has 0 aromatic heterocycles. The molecule has 2 aliphatic rings. The Morgan fingerprint density at radius 1 is 0.871 bits per heavy atom. The minimum absolute atomic E-state index is 0.0132. The monoisotopic (exact) mass is 926 g/mol. The molecular formula is C45H46ClF3N4O6S3. The van der Waals surface area contributed by atoms with Gasteiger partial charge in [-0.05, 0) is 128 Å². The van der Waals surface area contributed by atoms with Gasteiger partial charge in [-0.25, -0.2) is 21.6 Å². The van der Waals surface area contributed by atoms with E-state index in [1.165, 1.54) is 23.9 Å². The second-order valence-corrected chi connectivity index (χ2v) is 20.6. The van der Waals surface area contributed by atoms with Crippen LogP contribution in [0.3, 0.4) is 0 Å². The number of sulfonamides is 1. The molecule has 10 nitrogen and oxygen atoms in total. The van der Waals surface area contributed by atoms with Crippen molar-refractivity contribution in [2.75, 3.05) is 35.6 Å². The maximum atomic E-state index is 14.1. The summed E-state index contributed by atoms with van der Waals surface area (Å²) < 4.78 is 97.2. The van der Waals surface area contributed by atoms with Gasteiger partial charge in [0.2, 0.25) is 0 Å². The van der Waals surface area contributed by atoms with E-state index in [2.05, 4.69) is 15.5 Å². The van der Waals surface area contributed by atoms with Crippen LogP contribution in [0.4, 0.5) is 24.5 Å². The fraction of sp³-hybridized carbons (Fsp3) is 0.311. The fourth-order valence-corrected chi connectivity index (χ4v) is 11.1. The van der Waals surface area contributed by atoms with E-state index in [-0.39, 0.29) is 17.5 Å². The molecule has 2 unspecified atom stereocenters. The summed E-state index contributed by atoms with van der Waals surface area (Å²) >= 11 is 7.55. The molecule has 2 aliphatic heterocycles. The Balaban J connectivity index is 1.02. The number of carbonyl (C=O) groups excluding carboxylic acids is 1. The van der Waals surface area contributed by atoms with Crippen LogP contribution in [-0.2, 0) is 19.9 Å². The van der Waals surface area contributed by atoms with Crippen LogP contribution in [0, 0.1) is 5.92 Å². The first-order valence-corrected chi connectivity index (χ1v) is 24.5. The zero-order chi connectivity index (χ0) is 44.1. The SMILES string of the molecule is O=C(NS(=O)(=O)c1ccc(NC(CSc2ccccc2)C[C@@H]2CCCN2)c(S(=O)(=O)C(F)(F)F)c1)c1ccc(N2CCC(C(O)c3ccccc3-c3ccc(Cl)cc3)CC2)cc1. The zero-order valence-electron chi connectivity index (χ0n) is 33.4. The van der Waals surface area contributed by atoms with Gasteiger partial charge in [0.1, 0.15) is 4.90 Å². The third kappa shape index (κ3) is 10.8. The lowest BCUT2D eigenvalue weighted by Gasteiger charge is -2.36. The molecule has 0 radical (unpaired) electrons. The topological polar surface area (TPSA) is 145 Å². The number of benzene rings is 5. The van der Waals surface area contributed by atoms with Crippen LogP contribution < -0.4 is 20.3 Å². The van der Waals surface area contributed by atoms with Crippen LogP contribution in [0.15, 0.2) is 136 Å². The summed E-state index contributed by atoms with van der Waals surface area (Å²) in [5, 5.41) is 18.5. The van der Waals surface area contributed by atoms with Crippen molar-refractivity contribution in [3.63, 3.8) is 0 Å². The number of anilines is 2. The summed E-state index contributed by atoms with van der Waals surface area (Å²) in [6.07, 6.45) is 2.91. The van der Waals surface area contributed by atoms with E-state index in [0.29, 0.717) is 49.2 Å². The second kappa shape index (κ2) is 19.4. The molecule has 0 bridgehead atoms. The zero-order valence-corrected chi connectivity index (χ0v) is 36.6. The minimum Gasteiger partial charge on any atom is -0.388 e. The van der Waals surface area contributed by atoms with Crippen molar-refractivity contribution in [1.82, 2.24) is 10.0 Å². The first-order chi connectivity index (χ1) is 29.6. The standard InChI is InChI=1S/C45H46ClF3N4O6S3/c46-33-16-12-30(13-17-33)39-10-4-5-11-40(39)43(54)31-22-25-53(26-23-31)36-18-14-32(15-19-36)44(55)52-62(58,59)38-20-21-41(42(28-38)61(56,57)45(47,48)49)51-35(27-34-7-6-24-50-34)29-60-37-8-2-1-3-9-37/h1-5,8-21,28,31,34-35,43,50-51,54H,6-7,22-27,29H2,(H,52,55)/t34-,35?,43?/m0/s1. The Morgan fingerprint density at radius 2 is 1.55 bits per heavy atom. The van der Waals surface area contributed by atoms with Crippen LogP contribution in [0.5, 0.6) is 0 Å². The van der Waals surface area contributed by atoms with Crippen LogP contribution >= 0.6 is 23.4 Å². The van der Waals surface area contributed by atoms with Gasteiger partial charge >= 0.3 is 5.51 Å². The van der Waals surface area contributed by atoms with E-state index < -0.39 is 58.9 Å². The molecular weight excluding hydrogens is 881 g/mol. The van der Waals surface area contributed by atoms with Crippen molar-refractivity contribution in [3.05, 3.63) is 137 Å². The largest absolute Gasteiger partial charge is 0.501 e. The van der Waals surface area contributed by atoms with E-state index >= 15 is 0 Å². The number of nitrogens with zero attached hydrogens (tertiary/aromatic N) is 1. The molecule has 0 saturated carbocycles. The predicted octanol–water partition coefficient (Wildman–Crippen LogP) is 9.08. The lowest BCUT2D eigenvalue weighted by atomic mass is 9.84. The summed E-state index contributed by atoms with van der Waals surface area (Å²) in [6.45, 7) is 2.01. The molecule has 7 rings (SSSR count). The average Bonchev–Trinajstić information content (AvgIpc) is 3.79. The molecule has 62 heavy (non-hydrogen) atoms. The Bertz CT molecular complexity index is 2550. The van der Waals surface area contributed by atoms with Gasteiger partial charge in [-0.1, -0.05) is 66.2 Å². The Morgan fingerprint density at radius 3 is 2.21 bits per heavy atom. The van der Waals surface area contributed by atoms with Crippen molar-refractivity contribution in [2.45, 2.75) is 70.5 Å². The van der Waals surface area contributed by atoms with E-state index in [4.69, 9.17) is 11.6 Å². The molecule has 0 aliphatic carbocycles. The number of halogens is 4. The highest BCUT2D eigenvalue weighted by Gasteiger charge is 2.48. The van der Waals surface area contributed by atoms with Crippen LogP contribution in [-0.4, -0.2) is 70.8 Å². The Kier molecular flexibility index (Phi) is 14.2. The number of hydrogen-bond donors (Lipinski definition) is 4. The molecule has 2 saturated heterocycles. The fourth-order valence-electron chi connectivity index (χ4n) is 7.98. The van der Waals surface area contributed by atoms with Gasteiger partial charge in [-0.15, -0.1) is 11.8 Å². The number of nitrogens with one attached hydrogen (secondary N) is 3. The molecule has 328 valence electrons. The summed E-state index contributed by atoms with van der Waals surface area (Å²) in [5.41, 5.74) is -2.69. The molecule has 0 spiro atoms. The maximum absolute atomic E-state index is 14.1. The smallest absolute Gasteiger partial charge is 0.388 e. The highest BCUT2D eigenvalue weighted by Crippen LogP contribution is 2.39. The molecule has 3 atom stereocenters. The van der Waals surface area contributed by atoms with Gasteiger partial charge in [0.15, 0.2) is 0 Å². The second-order valence-electron chi connectivity index (χ2n) is 15.4. The number of rotatable bonds is 15. The summed E-state index contributed by atoms with van der Waals surface area (Å²) in [7, 11) is -10.9. The number of hydrogen-bond acceptors (Lipinski definition) is 10. The Hall–Kier alpha value is -4.58. The number of alkyl halides is 3. The lowest BCUT2D eigenvalue weighted by molar-refractivity contribution is -0.0435. The first-order valence-electron chi connectivity index (χ1n) is 20.2. The Labute approximate surface area is 369 Å². The van der Waals surface area contributed by atoms with E-state index in [9.17, 15) is 39.9 Å². The maximum Gasteiger partial charge on any atom is 0.501 e. The average molecular weight is 928 g/mol. The quantitative estimate of drug-likeness (QED) is 0.0751. The van der Waals surface area contributed by atoms with Crippen molar-refractivity contribution in [3.8, 4) is 11.1 Å². The van der Waals surface area contributed by atoms with E-state index in [1.54, 1.807) is 12.1 Å². The van der Waals surface area contributed by atoms with Gasteiger partial charge in [-0.2, -0.15) is 13.2 Å². The number of piperidine rings is 1. The molecule has 5 aromatic rings. The van der Waals surface area contributed by atoms with Crippen LogP contribution in [0.1, 0.15) is 54.1 Å².